The first kappa shape index (κ1) is 25.2. The molecule has 3 aromatic carbocycles. The number of carbonyl (C=O) groups is 1. The molecule has 0 aliphatic rings. The lowest BCUT2D eigenvalue weighted by atomic mass is 10.1. The number of rotatable bonds is 10. The lowest BCUT2D eigenvalue weighted by Crippen LogP contribution is -2.09. The fourth-order valence-electron chi connectivity index (χ4n) is 3.46. The van der Waals surface area contributed by atoms with Crippen molar-refractivity contribution in [1.82, 2.24) is 0 Å². The number of hydrogen-bond donors (Lipinski definition) is 1. The first-order valence-electron chi connectivity index (χ1n) is 10.8. The van der Waals surface area contributed by atoms with Gasteiger partial charge in [0.05, 0.1) is 41.2 Å². The van der Waals surface area contributed by atoms with E-state index < -0.39 is 0 Å². The molecule has 0 bridgehead atoms. The molecule has 0 radical (unpaired) electrons. The number of ether oxygens (including phenoxy) is 5. The zero-order valence-electron chi connectivity index (χ0n) is 20.5. The van der Waals surface area contributed by atoms with Crippen LogP contribution in [-0.2, 0) is 4.79 Å². The monoisotopic (exact) mass is 475 g/mol. The summed E-state index contributed by atoms with van der Waals surface area (Å²) in [6.45, 7) is 0. The maximum atomic E-state index is 12.6. The summed E-state index contributed by atoms with van der Waals surface area (Å²) in [5.74, 6) is 2.61. The summed E-state index contributed by atoms with van der Waals surface area (Å²) in [6, 6.07) is 16.7. The number of carbonyl (C=O) groups excluding carboxylic acids is 1. The van der Waals surface area contributed by atoms with Crippen LogP contribution in [0.2, 0.25) is 0 Å². The van der Waals surface area contributed by atoms with E-state index in [1.807, 2.05) is 60.7 Å². The number of hydrogen-bond acceptors (Lipinski definition) is 6. The van der Waals surface area contributed by atoms with Crippen LogP contribution in [0.4, 0.5) is 5.69 Å². The average molecular weight is 476 g/mol. The second kappa shape index (κ2) is 12.2. The van der Waals surface area contributed by atoms with Crippen molar-refractivity contribution in [3.8, 4) is 28.7 Å². The SMILES string of the molecule is COc1ccccc1/C=C/C(=O)Nc1cc(/C=C/c2cc(OC)c(OC)c(OC)c2)ccc1OC. The van der Waals surface area contributed by atoms with E-state index >= 15 is 0 Å². The van der Waals surface area contributed by atoms with E-state index in [2.05, 4.69) is 5.32 Å². The first-order chi connectivity index (χ1) is 17.0. The van der Waals surface area contributed by atoms with Gasteiger partial charge in [-0.15, -0.1) is 0 Å². The van der Waals surface area contributed by atoms with E-state index in [1.165, 1.54) is 6.08 Å². The third-order valence-corrected chi connectivity index (χ3v) is 5.19. The van der Waals surface area contributed by atoms with Crippen LogP contribution in [-0.4, -0.2) is 41.5 Å². The molecule has 0 saturated carbocycles. The number of para-hydroxylation sites is 1. The highest BCUT2D eigenvalue weighted by Crippen LogP contribution is 2.38. The lowest BCUT2D eigenvalue weighted by Gasteiger charge is -2.13. The molecule has 182 valence electrons. The van der Waals surface area contributed by atoms with Crippen LogP contribution in [0.15, 0.2) is 60.7 Å². The van der Waals surface area contributed by atoms with E-state index in [1.54, 1.807) is 47.7 Å². The fourth-order valence-corrected chi connectivity index (χ4v) is 3.46. The summed E-state index contributed by atoms with van der Waals surface area (Å²) in [5.41, 5.74) is 3.08. The standard InChI is InChI=1S/C28H29NO6/c1-31-23-9-7-6-8-21(23)13-15-27(30)29-22-16-19(12-14-24(22)32-2)10-11-20-17-25(33-3)28(35-5)26(18-20)34-4/h6-18H,1-5H3,(H,29,30)/b11-10+,15-13+. The van der Waals surface area contributed by atoms with Gasteiger partial charge in [0.1, 0.15) is 11.5 Å². The summed E-state index contributed by atoms with van der Waals surface area (Å²) < 4.78 is 26.9. The molecule has 0 aliphatic heterocycles. The maximum Gasteiger partial charge on any atom is 0.248 e. The van der Waals surface area contributed by atoms with E-state index in [0.29, 0.717) is 34.4 Å². The molecular weight excluding hydrogens is 446 g/mol. The van der Waals surface area contributed by atoms with Gasteiger partial charge >= 0.3 is 0 Å². The van der Waals surface area contributed by atoms with E-state index in [0.717, 1.165) is 16.7 Å². The van der Waals surface area contributed by atoms with Crippen molar-refractivity contribution in [2.24, 2.45) is 0 Å². The van der Waals surface area contributed by atoms with Crippen molar-refractivity contribution in [2.75, 3.05) is 40.9 Å². The van der Waals surface area contributed by atoms with Gasteiger partial charge in [-0.1, -0.05) is 36.4 Å². The van der Waals surface area contributed by atoms with Crippen LogP contribution in [0.25, 0.3) is 18.2 Å². The summed E-state index contributed by atoms with van der Waals surface area (Å²) >= 11 is 0. The molecule has 0 atom stereocenters. The van der Waals surface area contributed by atoms with E-state index in [9.17, 15) is 4.79 Å². The van der Waals surface area contributed by atoms with Gasteiger partial charge in [0.2, 0.25) is 11.7 Å². The fraction of sp³-hybridized carbons (Fsp3) is 0.179. The Hall–Kier alpha value is -4.39. The van der Waals surface area contributed by atoms with Crippen LogP contribution >= 0.6 is 0 Å². The van der Waals surface area contributed by atoms with Gasteiger partial charge in [-0.3, -0.25) is 4.79 Å². The van der Waals surface area contributed by atoms with Gasteiger partial charge in [0.15, 0.2) is 11.5 Å². The van der Waals surface area contributed by atoms with Crippen LogP contribution in [0.1, 0.15) is 16.7 Å². The Balaban J connectivity index is 1.82. The molecule has 0 spiro atoms. The number of amides is 1. The molecule has 0 saturated heterocycles. The Morgan fingerprint density at radius 3 is 1.91 bits per heavy atom. The first-order valence-corrected chi connectivity index (χ1v) is 10.8. The Kier molecular flexibility index (Phi) is 8.78. The van der Waals surface area contributed by atoms with Gasteiger partial charge < -0.3 is 29.0 Å². The Morgan fingerprint density at radius 1 is 0.657 bits per heavy atom. The predicted molar refractivity (Wildman–Crippen MR) is 139 cm³/mol. The topological polar surface area (TPSA) is 75.3 Å². The van der Waals surface area contributed by atoms with Gasteiger partial charge in [-0.2, -0.15) is 0 Å². The highest BCUT2D eigenvalue weighted by atomic mass is 16.5. The van der Waals surface area contributed by atoms with Crippen molar-refractivity contribution >= 4 is 29.8 Å². The number of methoxy groups -OCH3 is 5. The smallest absolute Gasteiger partial charge is 0.248 e. The molecule has 3 rings (SSSR count). The van der Waals surface area contributed by atoms with Crippen LogP contribution < -0.4 is 29.0 Å². The van der Waals surface area contributed by atoms with Crippen LogP contribution in [0, 0.1) is 0 Å². The number of nitrogens with one attached hydrogen (secondary N) is 1. The molecule has 35 heavy (non-hydrogen) atoms. The van der Waals surface area contributed by atoms with Crippen LogP contribution in [0.3, 0.4) is 0 Å². The molecule has 7 heteroatoms. The molecule has 0 heterocycles. The zero-order chi connectivity index (χ0) is 25.2. The average Bonchev–Trinajstić information content (AvgIpc) is 2.90. The molecule has 0 unspecified atom stereocenters. The molecule has 7 nitrogen and oxygen atoms in total. The normalized spacial score (nSPS) is 10.9. The molecule has 0 aromatic heterocycles. The molecule has 1 amide bonds. The Bertz CT molecular complexity index is 1210. The van der Waals surface area contributed by atoms with E-state index in [4.69, 9.17) is 23.7 Å². The minimum atomic E-state index is -0.292. The minimum Gasteiger partial charge on any atom is -0.496 e. The summed E-state index contributed by atoms with van der Waals surface area (Å²) in [5, 5.41) is 2.88. The van der Waals surface area contributed by atoms with Crippen molar-refractivity contribution in [1.29, 1.82) is 0 Å². The Morgan fingerprint density at radius 2 is 1.29 bits per heavy atom. The van der Waals surface area contributed by atoms with Gasteiger partial charge in [0, 0.05) is 11.6 Å². The number of anilines is 1. The highest BCUT2D eigenvalue weighted by Gasteiger charge is 2.12. The molecule has 1 N–H and O–H groups in total. The van der Waals surface area contributed by atoms with Gasteiger partial charge in [0.25, 0.3) is 0 Å². The summed E-state index contributed by atoms with van der Waals surface area (Å²) in [6.07, 6.45) is 6.99. The lowest BCUT2D eigenvalue weighted by molar-refractivity contribution is -0.111. The third kappa shape index (κ3) is 6.35. The minimum absolute atomic E-state index is 0.292. The molecule has 0 fully saturated rings. The van der Waals surface area contributed by atoms with Crippen molar-refractivity contribution in [3.63, 3.8) is 0 Å². The van der Waals surface area contributed by atoms with E-state index in [-0.39, 0.29) is 5.91 Å². The quantitative estimate of drug-likeness (QED) is 0.306. The number of benzene rings is 3. The van der Waals surface area contributed by atoms with Crippen molar-refractivity contribution < 1.29 is 28.5 Å². The van der Waals surface area contributed by atoms with Gasteiger partial charge in [-0.05, 0) is 47.5 Å². The summed E-state index contributed by atoms with van der Waals surface area (Å²) in [4.78, 5) is 12.6. The summed E-state index contributed by atoms with van der Waals surface area (Å²) in [7, 11) is 7.86. The van der Waals surface area contributed by atoms with Crippen LogP contribution in [0.5, 0.6) is 28.7 Å². The second-order valence-electron chi connectivity index (χ2n) is 7.32. The van der Waals surface area contributed by atoms with Crippen molar-refractivity contribution in [3.05, 3.63) is 77.4 Å². The molecule has 3 aromatic rings. The predicted octanol–water partition coefficient (Wildman–Crippen LogP) is 5.55. The highest BCUT2D eigenvalue weighted by molar-refractivity contribution is 6.03. The molecule has 0 aliphatic carbocycles. The second-order valence-corrected chi connectivity index (χ2v) is 7.32. The third-order valence-electron chi connectivity index (χ3n) is 5.19. The zero-order valence-corrected chi connectivity index (χ0v) is 20.5. The maximum absolute atomic E-state index is 12.6. The largest absolute Gasteiger partial charge is 0.496 e. The van der Waals surface area contributed by atoms with Crippen molar-refractivity contribution in [2.45, 2.75) is 0 Å². The molecular formula is C28H29NO6. The van der Waals surface area contributed by atoms with Gasteiger partial charge in [-0.25, -0.2) is 0 Å². The Labute approximate surface area is 205 Å².